The third kappa shape index (κ3) is 4.16. The van der Waals surface area contributed by atoms with Gasteiger partial charge in [-0.05, 0) is 69.9 Å². The maximum Gasteiger partial charge on any atom is 0.145 e. The van der Waals surface area contributed by atoms with Gasteiger partial charge < -0.3 is 26.3 Å². The second kappa shape index (κ2) is 9.31. The Bertz CT molecular complexity index is 1440. The van der Waals surface area contributed by atoms with Crippen molar-refractivity contribution in [3.8, 4) is 5.75 Å². The van der Waals surface area contributed by atoms with Crippen LogP contribution in [0, 0.1) is 28.6 Å². The van der Waals surface area contributed by atoms with Crippen molar-refractivity contribution in [3.63, 3.8) is 0 Å². The number of rotatable bonds is 7. The minimum absolute atomic E-state index is 0.00528. The van der Waals surface area contributed by atoms with Crippen LogP contribution in [0.25, 0.3) is 10.2 Å². The Hall–Kier alpha value is -3.04. The highest BCUT2D eigenvalue weighted by Crippen LogP contribution is 2.65. The molecule has 5 atom stereocenters. The number of benzene rings is 1. The van der Waals surface area contributed by atoms with Gasteiger partial charge in [0.2, 0.25) is 0 Å². The second-order valence-corrected chi connectivity index (χ2v) is 12.8. The number of hydrogen-bond acceptors (Lipinski definition) is 9. The van der Waals surface area contributed by atoms with Crippen LogP contribution in [0.5, 0.6) is 5.75 Å². The van der Waals surface area contributed by atoms with E-state index < -0.39 is 0 Å². The first-order chi connectivity index (χ1) is 18.2. The van der Waals surface area contributed by atoms with E-state index in [4.69, 9.17) is 15.9 Å². The van der Waals surface area contributed by atoms with Gasteiger partial charge in [0.25, 0.3) is 0 Å². The number of anilines is 3. The summed E-state index contributed by atoms with van der Waals surface area (Å²) in [6, 6.07) is 3.55. The number of nitrogens with two attached hydrogens (primary N) is 1. The van der Waals surface area contributed by atoms with E-state index in [1.54, 1.807) is 23.7 Å². The van der Waals surface area contributed by atoms with Gasteiger partial charge in [-0.2, -0.15) is 0 Å². The van der Waals surface area contributed by atoms with Gasteiger partial charge in [-0.25, -0.2) is 9.97 Å². The van der Waals surface area contributed by atoms with E-state index in [-0.39, 0.29) is 29.5 Å². The van der Waals surface area contributed by atoms with Gasteiger partial charge in [-0.1, -0.05) is 6.92 Å². The molecule has 0 radical (unpaired) electrons. The molecule has 4 unspecified atom stereocenters. The zero-order valence-corrected chi connectivity index (χ0v) is 22.9. The topological polar surface area (TPSA) is 134 Å². The zero-order chi connectivity index (χ0) is 26.8. The Balaban J connectivity index is 1.28. The van der Waals surface area contributed by atoms with Crippen molar-refractivity contribution in [3.05, 3.63) is 34.5 Å². The van der Waals surface area contributed by atoms with Crippen LogP contribution in [0.15, 0.2) is 18.5 Å². The van der Waals surface area contributed by atoms with Crippen molar-refractivity contribution >= 4 is 50.7 Å². The first-order valence-electron chi connectivity index (χ1n) is 13.5. The van der Waals surface area contributed by atoms with Crippen LogP contribution in [-0.4, -0.2) is 39.3 Å². The average molecular weight is 534 g/mol. The summed E-state index contributed by atoms with van der Waals surface area (Å²) < 4.78 is 6.01. The molecule has 200 valence electrons. The molecule has 2 heterocycles. The summed E-state index contributed by atoms with van der Waals surface area (Å²) in [5.74, 6) is 2.17. The lowest BCUT2D eigenvalue weighted by molar-refractivity contribution is -0.125. The van der Waals surface area contributed by atoms with Crippen molar-refractivity contribution in [2.75, 3.05) is 11.1 Å². The van der Waals surface area contributed by atoms with Crippen molar-refractivity contribution in [1.29, 1.82) is 5.41 Å². The molecule has 0 aliphatic heterocycles. The van der Waals surface area contributed by atoms with Gasteiger partial charge in [0.1, 0.15) is 28.5 Å². The molecule has 8 nitrogen and oxygen atoms in total. The predicted molar refractivity (Wildman–Crippen MR) is 151 cm³/mol. The first kappa shape index (κ1) is 25.2. The van der Waals surface area contributed by atoms with Crippen molar-refractivity contribution in [2.45, 2.75) is 71.5 Å². The molecule has 9 heteroatoms. The standard InChI is InChI=1S/C29H35N5O3S/c1-14(2)37-22-9-20(31)17(12-30)7-21(22)34-27-25-18-5-4-16(8-23(18)38-28(25)33-13-32-27)26(36)19-11-29(19)10-15(3)6-24(29)35/h7,9,12-16,19,24,30,35H,4-6,8,10-11,31H2,1-3H3,(H,32,33,34)/t15?,16-,19?,24?,29?/m0/s1. The summed E-state index contributed by atoms with van der Waals surface area (Å²) in [4.78, 5) is 24.8. The normalized spacial score (nSPS) is 28.0. The molecule has 6 rings (SSSR count). The molecule has 2 aromatic heterocycles. The number of aliphatic hydroxyl groups is 1. The summed E-state index contributed by atoms with van der Waals surface area (Å²) in [6.45, 7) is 6.10. The van der Waals surface area contributed by atoms with Gasteiger partial charge in [0.15, 0.2) is 0 Å². The number of carbonyl (C=O) groups excluding carboxylic acids is 1. The highest BCUT2D eigenvalue weighted by molar-refractivity contribution is 7.19. The molecule has 38 heavy (non-hydrogen) atoms. The van der Waals surface area contributed by atoms with Gasteiger partial charge in [0.05, 0.1) is 23.3 Å². The van der Waals surface area contributed by atoms with E-state index in [0.717, 1.165) is 48.7 Å². The smallest absolute Gasteiger partial charge is 0.145 e. The molecular formula is C29H35N5O3S. The van der Waals surface area contributed by atoms with Gasteiger partial charge in [0, 0.05) is 45.7 Å². The molecule has 0 bridgehead atoms. The van der Waals surface area contributed by atoms with Crippen LogP contribution in [0.3, 0.4) is 0 Å². The molecule has 0 amide bonds. The monoisotopic (exact) mass is 533 g/mol. The maximum absolute atomic E-state index is 13.5. The number of ketones is 1. The molecule has 1 spiro atoms. The number of aromatic nitrogens is 2. The van der Waals surface area contributed by atoms with Crippen molar-refractivity contribution in [2.24, 2.45) is 23.2 Å². The Morgan fingerprint density at radius 2 is 2.16 bits per heavy atom. The number of ether oxygens (including phenoxy) is 1. The first-order valence-corrected chi connectivity index (χ1v) is 14.4. The van der Waals surface area contributed by atoms with E-state index in [9.17, 15) is 9.90 Å². The number of nitrogens with zero attached hydrogens (tertiary/aromatic N) is 2. The molecular weight excluding hydrogens is 498 g/mol. The van der Waals surface area contributed by atoms with Crippen molar-refractivity contribution < 1.29 is 14.6 Å². The average Bonchev–Trinajstić information content (AvgIpc) is 3.35. The summed E-state index contributed by atoms with van der Waals surface area (Å²) in [6.07, 6.45) is 7.41. The Morgan fingerprint density at radius 1 is 1.34 bits per heavy atom. The minimum Gasteiger partial charge on any atom is -0.489 e. The van der Waals surface area contributed by atoms with Gasteiger partial charge >= 0.3 is 0 Å². The lowest BCUT2D eigenvalue weighted by atomic mass is 9.82. The molecule has 5 N–H and O–H groups in total. The lowest BCUT2D eigenvalue weighted by Gasteiger charge is -2.23. The number of aryl methyl sites for hydroxylation is 1. The quantitative estimate of drug-likeness (QED) is 0.240. The highest BCUT2D eigenvalue weighted by atomic mass is 32.1. The predicted octanol–water partition coefficient (Wildman–Crippen LogP) is 5.27. The number of nitrogen functional groups attached to an aromatic ring is 1. The van der Waals surface area contributed by atoms with Crippen LogP contribution in [0.1, 0.15) is 62.5 Å². The van der Waals surface area contributed by atoms with Crippen LogP contribution >= 0.6 is 11.3 Å². The fraction of sp³-hybridized carbons (Fsp3) is 0.517. The van der Waals surface area contributed by atoms with Gasteiger partial charge in [-0.15, -0.1) is 11.3 Å². The Labute approximate surface area is 226 Å². The van der Waals surface area contributed by atoms with Crippen LogP contribution in [0.4, 0.5) is 17.2 Å². The molecule has 2 fully saturated rings. The van der Waals surface area contributed by atoms with E-state index in [0.29, 0.717) is 40.2 Å². The Morgan fingerprint density at radius 3 is 2.87 bits per heavy atom. The Kier molecular flexibility index (Phi) is 6.18. The van der Waals surface area contributed by atoms with Crippen LogP contribution in [0.2, 0.25) is 0 Å². The van der Waals surface area contributed by atoms with E-state index >= 15 is 0 Å². The SMILES string of the molecule is CC1CC(O)C2(C1)CC2C(=O)[C@H]1CCc2c(sc3ncnc(Nc4cc(C=N)c(N)cc4OC(C)C)c23)C1. The molecule has 3 aromatic rings. The lowest BCUT2D eigenvalue weighted by Crippen LogP contribution is -2.27. The zero-order valence-electron chi connectivity index (χ0n) is 22.1. The second-order valence-electron chi connectivity index (χ2n) is 11.7. The number of nitrogens with one attached hydrogen (secondary N) is 2. The molecule has 3 aliphatic rings. The fourth-order valence-electron chi connectivity index (χ4n) is 6.83. The summed E-state index contributed by atoms with van der Waals surface area (Å²) in [5.41, 5.74) is 8.96. The fourth-order valence-corrected chi connectivity index (χ4v) is 8.10. The molecule has 2 saturated carbocycles. The number of aliphatic hydroxyl groups excluding tert-OH is 1. The van der Waals surface area contributed by atoms with E-state index in [2.05, 4.69) is 22.2 Å². The number of thiophene rings is 1. The van der Waals surface area contributed by atoms with Crippen LogP contribution < -0.4 is 15.8 Å². The minimum atomic E-state index is -0.329. The molecule has 1 aromatic carbocycles. The van der Waals surface area contributed by atoms with Crippen LogP contribution in [-0.2, 0) is 17.6 Å². The number of carbonyl (C=O) groups is 1. The number of fused-ring (bicyclic) bond motifs is 3. The summed E-state index contributed by atoms with van der Waals surface area (Å²) in [5, 5.41) is 22.8. The summed E-state index contributed by atoms with van der Waals surface area (Å²) >= 11 is 1.65. The number of Topliss-reactive ketones (excluding diaryl/α,β-unsaturated/α-hetero) is 1. The molecule has 3 aliphatic carbocycles. The number of hydrogen-bond donors (Lipinski definition) is 4. The maximum atomic E-state index is 13.5. The highest BCUT2D eigenvalue weighted by Gasteiger charge is 2.65. The third-order valence-electron chi connectivity index (χ3n) is 8.68. The summed E-state index contributed by atoms with van der Waals surface area (Å²) in [7, 11) is 0. The van der Waals surface area contributed by atoms with Gasteiger partial charge in [-0.3, -0.25) is 4.79 Å². The van der Waals surface area contributed by atoms with E-state index in [1.807, 2.05) is 19.9 Å². The van der Waals surface area contributed by atoms with E-state index in [1.165, 1.54) is 16.7 Å². The molecule has 0 saturated heterocycles. The third-order valence-corrected chi connectivity index (χ3v) is 9.85. The largest absolute Gasteiger partial charge is 0.489 e. The van der Waals surface area contributed by atoms with Crippen molar-refractivity contribution in [1.82, 2.24) is 9.97 Å².